The summed E-state index contributed by atoms with van der Waals surface area (Å²) in [6, 6.07) is 3.25. The Morgan fingerprint density at radius 1 is 1.00 bits per heavy atom. The van der Waals surface area contributed by atoms with Crippen LogP contribution in [-0.2, 0) is 11.3 Å². The molecule has 0 radical (unpaired) electrons. The third-order valence-corrected chi connectivity index (χ3v) is 5.25. The fourth-order valence-corrected chi connectivity index (χ4v) is 3.24. The summed E-state index contributed by atoms with van der Waals surface area (Å²) < 4.78 is 0. The molecule has 0 spiro atoms. The molecular formula is C24H41N3O3. The molecule has 0 fully saturated rings. The number of nitrogens with two attached hydrogens (primary N) is 1. The van der Waals surface area contributed by atoms with E-state index in [-0.39, 0.29) is 12.5 Å². The van der Waals surface area contributed by atoms with E-state index in [0.29, 0.717) is 13.0 Å². The molecular weight excluding hydrogens is 378 g/mol. The predicted octanol–water partition coefficient (Wildman–Crippen LogP) is 3.62. The molecule has 170 valence electrons. The molecule has 1 aromatic heterocycles. The van der Waals surface area contributed by atoms with Gasteiger partial charge in [0.25, 0.3) is 0 Å². The minimum atomic E-state index is -0.753. The van der Waals surface area contributed by atoms with Crippen molar-refractivity contribution >= 4 is 5.91 Å². The number of unbranched alkanes of at least 4 members (excludes halogenated alkanes) is 10. The molecule has 6 heteroatoms. The van der Waals surface area contributed by atoms with Gasteiger partial charge in [0, 0.05) is 25.4 Å². The maximum absolute atomic E-state index is 11.8. The molecule has 0 aliphatic heterocycles. The predicted molar refractivity (Wildman–Crippen MR) is 122 cm³/mol. The zero-order valence-electron chi connectivity index (χ0n) is 18.3. The van der Waals surface area contributed by atoms with Crippen molar-refractivity contribution < 1.29 is 15.0 Å². The van der Waals surface area contributed by atoms with Crippen molar-refractivity contribution in [3.05, 3.63) is 42.2 Å². The van der Waals surface area contributed by atoms with Crippen molar-refractivity contribution in [1.29, 1.82) is 0 Å². The lowest BCUT2D eigenvalue weighted by atomic mass is 10.0. The maximum atomic E-state index is 11.8. The maximum Gasteiger partial charge on any atom is 0.220 e. The molecule has 0 aliphatic carbocycles. The number of carbonyl (C=O) groups is 1. The third-order valence-electron chi connectivity index (χ3n) is 5.25. The number of aromatic nitrogens is 1. The van der Waals surface area contributed by atoms with E-state index in [1.807, 2.05) is 18.2 Å². The molecule has 0 saturated carbocycles. The number of nitrogens with zero attached hydrogens (tertiary/aromatic N) is 1. The Balaban J connectivity index is 1.82. The summed E-state index contributed by atoms with van der Waals surface area (Å²) in [5.41, 5.74) is 6.62. The molecule has 5 N–H and O–H groups in total. The van der Waals surface area contributed by atoms with Crippen molar-refractivity contribution in [2.75, 3.05) is 6.61 Å². The summed E-state index contributed by atoms with van der Waals surface area (Å²) in [5.74, 6) is 0.132. The van der Waals surface area contributed by atoms with E-state index in [1.54, 1.807) is 18.5 Å². The van der Waals surface area contributed by atoms with E-state index < -0.39 is 12.1 Å². The molecule has 2 unspecified atom stereocenters. The van der Waals surface area contributed by atoms with Crippen LogP contribution in [0.3, 0.4) is 0 Å². The molecule has 2 atom stereocenters. The summed E-state index contributed by atoms with van der Waals surface area (Å²) >= 11 is 0. The van der Waals surface area contributed by atoms with Gasteiger partial charge >= 0.3 is 0 Å². The second-order valence-corrected chi connectivity index (χ2v) is 7.97. The topological polar surface area (TPSA) is 108 Å². The highest BCUT2D eigenvalue weighted by molar-refractivity contribution is 5.75. The first-order valence-corrected chi connectivity index (χ1v) is 11.5. The lowest BCUT2D eigenvalue weighted by Crippen LogP contribution is -2.36. The Morgan fingerprint density at radius 2 is 1.57 bits per heavy atom. The van der Waals surface area contributed by atoms with Crippen LogP contribution in [0.5, 0.6) is 0 Å². The number of rotatable bonds is 18. The Kier molecular flexibility index (Phi) is 15.8. The van der Waals surface area contributed by atoms with E-state index in [1.165, 1.54) is 44.9 Å². The van der Waals surface area contributed by atoms with Gasteiger partial charge in [-0.3, -0.25) is 9.78 Å². The first kappa shape index (κ1) is 26.3. The zero-order valence-corrected chi connectivity index (χ0v) is 18.3. The second kappa shape index (κ2) is 18.0. The van der Waals surface area contributed by atoms with Gasteiger partial charge in [-0.15, -0.1) is 0 Å². The minimum absolute atomic E-state index is 0.132. The van der Waals surface area contributed by atoms with Crippen LogP contribution in [0.1, 0.15) is 82.6 Å². The quantitative estimate of drug-likeness (QED) is 0.215. The van der Waals surface area contributed by atoms with Gasteiger partial charge in [0.1, 0.15) is 0 Å². The van der Waals surface area contributed by atoms with Gasteiger partial charge in [0.15, 0.2) is 0 Å². The average molecular weight is 420 g/mol. The Morgan fingerprint density at radius 3 is 2.17 bits per heavy atom. The molecule has 30 heavy (non-hydrogen) atoms. The van der Waals surface area contributed by atoms with E-state index in [2.05, 4.69) is 10.3 Å². The van der Waals surface area contributed by atoms with Gasteiger partial charge in [0.05, 0.1) is 18.8 Å². The number of nitrogens with one attached hydrogen (secondary N) is 1. The smallest absolute Gasteiger partial charge is 0.220 e. The zero-order chi connectivity index (χ0) is 21.9. The number of allylic oxidation sites excluding steroid dienone is 1. The minimum Gasteiger partial charge on any atom is -0.395 e. The fourth-order valence-electron chi connectivity index (χ4n) is 3.24. The summed E-state index contributed by atoms with van der Waals surface area (Å²) in [5, 5.41) is 21.4. The first-order valence-electron chi connectivity index (χ1n) is 11.5. The van der Waals surface area contributed by atoms with Crippen LogP contribution in [0.15, 0.2) is 36.7 Å². The van der Waals surface area contributed by atoms with Crippen molar-refractivity contribution in [2.24, 2.45) is 5.73 Å². The van der Waals surface area contributed by atoms with Gasteiger partial charge < -0.3 is 21.3 Å². The number of aliphatic hydroxyl groups excluding tert-OH is 2. The normalized spacial score (nSPS) is 13.4. The number of pyridine rings is 1. The standard InChI is InChI=1S/C24H41N3O3/c25-22(20-28)23(29)13-11-9-7-5-3-1-2-4-6-8-10-12-14-24(30)27-19-21-15-17-26-18-16-21/h11,13,15-18,22-23,28-29H,1-10,12,14,19-20,25H2,(H,27,30). The largest absolute Gasteiger partial charge is 0.395 e. The van der Waals surface area contributed by atoms with Crippen LogP contribution >= 0.6 is 0 Å². The molecule has 0 saturated heterocycles. The monoisotopic (exact) mass is 419 g/mol. The van der Waals surface area contributed by atoms with Crippen molar-refractivity contribution in [3.63, 3.8) is 0 Å². The fraction of sp³-hybridized carbons (Fsp3) is 0.667. The molecule has 1 amide bonds. The molecule has 6 nitrogen and oxygen atoms in total. The lowest BCUT2D eigenvalue weighted by Gasteiger charge is -2.11. The molecule has 1 heterocycles. The summed E-state index contributed by atoms with van der Waals surface area (Å²) in [6.07, 6.45) is 19.9. The molecule has 0 aromatic carbocycles. The van der Waals surface area contributed by atoms with Crippen LogP contribution in [-0.4, -0.2) is 39.9 Å². The lowest BCUT2D eigenvalue weighted by molar-refractivity contribution is -0.121. The number of aliphatic hydroxyl groups is 2. The number of hydrogen-bond donors (Lipinski definition) is 4. The SMILES string of the molecule is NC(CO)C(O)C=CCCCCCCCCCCCCC(=O)NCc1ccncc1. The second-order valence-electron chi connectivity index (χ2n) is 7.97. The van der Waals surface area contributed by atoms with Crippen molar-refractivity contribution in [2.45, 2.75) is 95.7 Å². The van der Waals surface area contributed by atoms with Crippen LogP contribution in [0.2, 0.25) is 0 Å². The van der Waals surface area contributed by atoms with Gasteiger partial charge in [-0.1, -0.05) is 63.5 Å². The van der Waals surface area contributed by atoms with Crippen molar-refractivity contribution in [1.82, 2.24) is 10.3 Å². The van der Waals surface area contributed by atoms with Gasteiger partial charge in [-0.2, -0.15) is 0 Å². The Labute approximate surface area is 182 Å². The number of hydrogen-bond acceptors (Lipinski definition) is 5. The molecule has 0 aliphatic rings. The highest BCUT2D eigenvalue weighted by Crippen LogP contribution is 2.12. The summed E-state index contributed by atoms with van der Waals surface area (Å²) in [7, 11) is 0. The summed E-state index contributed by atoms with van der Waals surface area (Å²) in [6.45, 7) is 0.380. The van der Waals surface area contributed by atoms with Gasteiger partial charge in [0.2, 0.25) is 5.91 Å². The van der Waals surface area contributed by atoms with E-state index >= 15 is 0 Å². The number of amides is 1. The Bertz CT molecular complexity index is 566. The highest BCUT2D eigenvalue weighted by Gasteiger charge is 2.08. The van der Waals surface area contributed by atoms with Crippen LogP contribution in [0.4, 0.5) is 0 Å². The molecule has 1 rings (SSSR count). The molecule has 0 bridgehead atoms. The average Bonchev–Trinajstić information content (AvgIpc) is 2.77. The van der Waals surface area contributed by atoms with E-state index in [4.69, 9.17) is 10.8 Å². The van der Waals surface area contributed by atoms with Crippen LogP contribution in [0.25, 0.3) is 0 Å². The molecule has 1 aromatic rings. The summed E-state index contributed by atoms with van der Waals surface area (Å²) in [4.78, 5) is 15.8. The van der Waals surface area contributed by atoms with Gasteiger partial charge in [-0.25, -0.2) is 0 Å². The van der Waals surface area contributed by atoms with Crippen LogP contribution in [0, 0.1) is 0 Å². The van der Waals surface area contributed by atoms with E-state index in [0.717, 1.165) is 31.2 Å². The number of carbonyl (C=O) groups excluding carboxylic acids is 1. The third kappa shape index (κ3) is 14.3. The Hall–Kier alpha value is -1.76. The van der Waals surface area contributed by atoms with Crippen LogP contribution < -0.4 is 11.1 Å². The first-order chi connectivity index (χ1) is 14.6. The van der Waals surface area contributed by atoms with Crippen molar-refractivity contribution in [3.8, 4) is 0 Å². The highest BCUT2D eigenvalue weighted by atomic mass is 16.3. The van der Waals surface area contributed by atoms with Gasteiger partial charge in [-0.05, 0) is 37.0 Å². The van der Waals surface area contributed by atoms with E-state index in [9.17, 15) is 9.90 Å².